The lowest BCUT2D eigenvalue weighted by molar-refractivity contribution is 0.0370. The van der Waals surface area contributed by atoms with Crippen molar-refractivity contribution in [2.75, 3.05) is 39.4 Å². The van der Waals surface area contributed by atoms with Gasteiger partial charge in [0.1, 0.15) is 18.3 Å². The molecule has 202 valence electrons. The largest absolute Gasteiger partial charge is 0.346 e. The van der Waals surface area contributed by atoms with Crippen molar-refractivity contribution < 1.29 is 13.6 Å². The highest BCUT2D eigenvalue weighted by Gasteiger charge is 2.33. The Hall–Kier alpha value is -4.35. The monoisotopic (exact) mass is 532 g/mol. The van der Waals surface area contributed by atoms with Gasteiger partial charge in [0.15, 0.2) is 0 Å². The predicted octanol–water partition coefficient (Wildman–Crippen LogP) is 3.45. The Morgan fingerprint density at radius 3 is 2.85 bits per heavy atom. The first-order chi connectivity index (χ1) is 18.9. The van der Waals surface area contributed by atoms with Gasteiger partial charge in [-0.3, -0.25) is 19.4 Å². The molecule has 1 amide bonds. The fourth-order valence-corrected chi connectivity index (χ4v) is 4.85. The van der Waals surface area contributed by atoms with Crippen molar-refractivity contribution in [3.05, 3.63) is 70.9 Å². The number of nitrogens with one attached hydrogen (secondary N) is 1. The number of aromatic nitrogens is 2. The van der Waals surface area contributed by atoms with Gasteiger partial charge in [-0.05, 0) is 43.7 Å². The van der Waals surface area contributed by atoms with E-state index < -0.39 is 24.4 Å². The number of allylic oxidation sites excluding steroid dienone is 1. The summed E-state index contributed by atoms with van der Waals surface area (Å²) in [6, 6.07) is 6.82. The van der Waals surface area contributed by atoms with Crippen LogP contribution in [0.3, 0.4) is 0 Å². The van der Waals surface area contributed by atoms with Crippen LogP contribution in [0.15, 0.2) is 53.4 Å². The van der Waals surface area contributed by atoms with Gasteiger partial charge in [-0.1, -0.05) is 0 Å². The summed E-state index contributed by atoms with van der Waals surface area (Å²) in [6.45, 7) is 5.02. The van der Waals surface area contributed by atoms with Crippen LogP contribution >= 0.6 is 0 Å². The molecule has 1 fully saturated rings. The third-order valence-electron chi connectivity index (χ3n) is 7.02. The van der Waals surface area contributed by atoms with Gasteiger partial charge in [0.2, 0.25) is 0 Å². The van der Waals surface area contributed by atoms with Crippen molar-refractivity contribution in [1.29, 1.82) is 10.5 Å². The third-order valence-corrected chi connectivity index (χ3v) is 7.02. The Morgan fingerprint density at radius 1 is 1.33 bits per heavy atom. The van der Waals surface area contributed by atoms with Gasteiger partial charge in [0.05, 0.1) is 48.0 Å². The Morgan fingerprint density at radius 2 is 2.15 bits per heavy atom. The van der Waals surface area contributed by atoms with Crippen LogP contribution in [0, 0.1) is 28.5 Å². The second-order valence-electron chi connectivity index (χ2n) is 9.43. The average molecular weight is 533 g/mol. The number of aliphatic imine (C=N–C) groups is 1. The first kappa shape index (κ1) is 27.7. The molecule has 9 nitrogen and oxygen atoms in total. The molecule has 1 aromatic carbocycles. The fraction of sp³-hybridized carbons (Fsp3) is 0.393. The summed E-state index contributed by atoms with van der Waals surface area (Å²) in [4.78, 5) is 20.8. The van der Waals surface area contributed by atoms with Gasteiger partial charge >= 0.3 is 0 Å². The standard InChI is InChI=1S/C28H30F2N8O/c1-3-33-27-24(7-9-34-27)19(2)21-15-35-38(16-21)22(6-8-31)17-36-10-11-37(18-23(36)13-29)28(39)25-5-4-20(14-32)12-26(25)30/h4-5,7,9,12,15-16,22-23H,3,6,10-11,13,17-18H2,1-2H3,(H,33,34)/b24-19+. The lowest BCUT2D eigenvalue weighted by Gasteiger charge is -2.41. The molecular weight excluding hydrogens is 502 g/mol. The molecular formula is C28H30F2N8O. The molecule has 0 bridgehead atoms. The topological polar surface area (TPSA) is 113 Å². The highest BCUT2D eigenvalue weighted by atomic mass is 19.1. The van der Waals surface area contributed by atoms with E-state index in [1.807, 2.05) is 43.3 Å². The van der Waals surface area contributed by atoms with Crippen LogP contribution in [0.25, 0.3) is 5.57 Å². The number of hydrogen-bond acceptors (Lipinski definition) is 6. The van der Waals surface area contributed by atoms with Gasteiger partial charge in [0, 0.05) is 56.3 Å². The highest BCUT2D eigenvalue weighted by molar-refractivity contribution is 6.09. The summed E-state index contributed by atoms with van der Waals surface area (Å²) in [5.74, 6) is -0.509. The number of alkyl halides is 1. The van der Waals surface area contributed by atoms with Crippen LogP contribution in [-0.2, 0) is 0 Å². The predicted molar refractivity (Wildman–Crippen MR) is 143 cm³/mol. The highest BCUT2D eigenvalue weighted by Crippen LogP contribution is 2.25. The van der Waals surface area contributed by atoms with Gasteiger partial charge in [0.25, 0.3) is 5.91 Å². The number of carbonyl (C=O) groups is 1. The molecule has 3 heterocycles. The maximum absolute atomic E-state index is 14.4. The summed E-state index contributed by atoms with van der Waals surface area (Å²) in [5.41, 5.74) is 2.85. The molecule has 2 aliphatic rings. The minimum atomic E-state index is -0.774. The smallest absolute Gasteiger partial charge is 0.256 e. The number of benzene rings is 1. The maximum Gasteiger partial charge on any atom is 0.256 e. The molecule has 2 unspecified atom stereocenters. The fourth-order valence-electron chi connectivity index (χ4n) is 4.85. The zero-order chi connectivity index (χ0) is 27.9. The van der Waals surface area contributed by atoms with E-state index >= 15 is 0 Å². The molecule has 2 atom stereocenters. The Kier molecular flexibility index (Phi) is 8.84. The number of halogens is 2. The van der Waals surface area contributed by atoms with E-state index in [4.69, 9.17) is 5.26 Å². The lowest BCUT2D eigenvalue weighted by Crippen LogP contribution is -2.56. The van der Waals surface area contributed by atoms with Gasteiger partial charge in [-0.2, -0.15) is 15.6 Å². The van der Waals surface area contributed by atoms with E-state index in [9.17, 15) is 18.8 Å². The molecule has 0 saturated carbocycles. The maximum atomic E-state index is 14.4. The molecule has 4 rings (SSSR count). The van der Waals surface area contributed by atoms with Crippen molar-refractivity contribution >= 4 is 17.3 Å². The summed E-state index contributed by atoms with van der Waals surface area (Å²) in [7, 11) is 0. The second-order valence-corrected chi connectivity index (χ2v) is 9.43. The molecule has 11 heteroatoms. The molecule has 1 saturated heterocycles. The summed E-state index contributed by atoms with van der Waals surface area (Å²) in [5, 5.41) is 26.1. The van der Waals surface area contributed by atoms with Crippen molar-refractivity contribution in [2.24, 2.45) is 4.99 Å². The first-order valence-electron chi connectivity index (χ1n) is 12.8. The molecule has 0 aliphatic carbocycles. The van der Waals surface area contributed by atoms with Crippen LogP contribution in [-0.4, -0.2) is 76.8 Å². The Bertz CT molecular complexity index is 1400. The van der Waals surface area contributed by atoms with E-state index in [1.54, 1.807) is 10.9 Å². The van der Waals surface area contributed by atoms with E-state index in [0.29, 0.717) is 19.6 Å². The molecule has 2 aromatic rings. The summed E-state index contributed by atoms with van der Waals surface area (Å²) in [6.07, 6.45) is 7.61. The number of amidine groups is 1. The minimum Gasteiger partial charge on any atom is -0.346 e. The number of piperazine rings is 1. The molecule has 1 N–H and O–H groups in total. The molecule has 0 radical (unpaired) electrons. The quantitative estimate of drug-likeness (QED) is 0.557. The number of hydrogen-bond donors (Lipinski definition) is 1. The van der Waals surface area contributed by atoms with Crippen LogP contribution in [0.1, 0.15) is 47.8 Å². The normalized spacial score (nSPS) is 20.4. The van der Waals surface area contributed by atoms with Crippen LogP contribution in [0.2, 0.25) is 0 Å². The Balaban J connectivity index is 1.48. The van der Waals surface area contributed by atoms with Crippen LogP contribution in [0.5, 0.6) is 0 Å². The van der Waals surface area contributed by atoms with Gasteiger partial charge in [-0.25, -0.2) is 8.78 Å². The number of amides is 1. The van der Waals surface area contributed by atoms with Gasteiger partial charge < -0.3 is 10.2 Å². The van der Waals surface area contributed by atoms with Crippen LogP contribution < -0.4 is 5.32 Å². The first-order valence-corrected chi connectivity index (χ1v) is 12.8. The van der Waals surface area contributed by atoms with Crippen LogP contribution in [0.4, 0.5) is 8.78 Å². The zero-order valence-corrected chi connectivity index (χ0v) is 21.9. The SMILES string of the molecule is CCN=C1NC=C/C1=C(/C)c1cnn(C(CC#N)CN2CCN(C(=O)c3ccc(C#N)cc3F)CC2CF)c1. The summed E-state index contributed by atoms with van der Waals surface area (Å²) < 4.78 is 30.3. The van der Waals surface area contributed by atoms with E-state index in [1.165, 1.54) is 17.0 Å². The molecule has 0 spiro atoms. The third kappa shape index (κ3) is 6.05. The zero-order valence-electron chi connectivity index (χ0n) is 21.9. The molecule has 2 aliphatic heterocycles. The number of carbonyl (C=O) groups excluding carboxylic acids is 1. The van der Waals surface area contributed by atoms with Gasteiger partial charge in [-0.15, -0.1) is 0 Å². The van der Waals surface area contributed by atoms with Crippen molar-refractivity contribution in [2.45, 2.75) is 32.4 Å². The van der Waals surface area contributed by atoms with Crippen molar-refractivity contribution in [3.63, 3.8) is 0 Å². The van der Waals surface area contributed by atoms with E-state index in [0.717, 1.165) is 28.6 Å². The number of rotatable bonds is 8. The second kappa shape index (κ2) is 12.5. The lowest BCUT2D eigenvalue weighted by atomic mass is 10.0. The van der Waals surface area contributed by atoms with Crippen molar-refractivity contribution in [1.82, 2.24) is 24.9 Å². The molecule has 1 aromatic heterocycles. The van der Waals surface area contributed by atoms with E-state index in [2.05, 4.69) is 21.5 Å². The number of nitriles is 2. The molecule has 39 heavy (non-hydrogen) atoms. The van der Waals surface area contributed by atoms with Crippen molar-refractivity contribution in [3.8, 4) is 12.1 Å². The Labute approximate surface area is 226 Å². The minimum absolute atomic E-state index is 0.0858. The average Bonchev–Trinajstić information content (AvgIpc) is 3.63. The summed E-state index contributed by atoms with van der Waals surface area (Å²) >= 11 is 0. The van der Waals surface area contributed by atoms with E-state index in [-0.39, 0.29) is 36.7 Å². The number of nitrogens with zero attached hydrogens (tertiary/aromatic N) is 7.